The van der Waals surface area contributed by atoms with Crippen LogP contribution in [0.15, 0.2) is 35.4 Å². The lowest BCUT2D eigenvalue weighted by molar-refractivity contribution is -0.0592. The second-order valence-electron chi connectivity index (χ2n) is 4.54. The molecule has 2 atom stereocenters. The number of benzene rings is 1. The van der Waals surface area contributed by atoms with Gasteiger partial charge in [-0.1, -0.05) is 49.5 Å². The van der Waals surface area contributed by atoms with E-state index in [1.54, 1.807) is 6.92 Å². The number of rotatable bonds is 1. The maximum Gasteiger partial charge on any atom is 0.164 e. The topological polar surface area (TPSA) is 35.8 Å². The van der Waals surface area contributed by atoms with Gasteiger partial charge in [-0.15, -0.1) is 0 Å². The van der Waals surface area contributed by atoms with Crippen molar-refractivity contribution in [3.63, 3.8) is 0 Å². The summed E-state index contributed by atoms with van der Waals surface area (Å²) < 4.78 is 0. The Morgan fingerprint density at radius 3 is 2.47 bits per heavy atom. The van der Waals surface area contributed by atoms with Gasteiger partial charge in [0, 0.05) is 17.2 Å². The third-order valence-electron chi connectivity index (χ3n) is 3.35. The Balaban J connectivity index is 2.34. The Hall–Kier alpha value is -1.26. The Labute approximate surface area is 107 Å². The lowest BCUT2D eigenvalue weighted by atomic mass is 9.96. The van der Waals surface area contributed by atoms with Crippen LogP contribution < -0.4 is 0 Å². The molecule has 1 aromatic carbocycles. The van der Waals surface area contributed by atoms with Crippen LogP contribution in [0.3, 0.4) is 0 Å². The largest absolute Gasteiger partial charge is 0.369 e. The summed E-state index contributed by atoms with van der Waals surface area (Å²) in [6.45, 7) is 5.60. The molecule has 0 amide bonds. The minimum Gasteiger partial charge on any atom is -0.369 e. The molecule has 17 heavy (non-hydrogen) atoms. The molecular formula is C13H16N2OS. The molecule has 1 aliphatic rings. The maximum atomic E-state index is 10.4. The summed E-state index contributed by atoms with van der Waals surface area (Å²) in [7, 11) is 0. The Bertz CT molecular complexity index is 468. The SMILES string of the molecule is CC1=NN(C(=S)c2ccccc2)[C@](C)(O)[C@@H]1C. The van der Waals surface area contributed by atoms with Gasteiger partial charge in [0.1, 0.15) is 4.99 Å². The Morgan fingerprint density at radius 2 is 2.00 bits per heavy atom. The first-order valence-electron chi connectivity index (χ1n) is 5.61. The van der Waals surface area contributed by atoms with Crippen LogP contribution in [0.1, 0.15) is 26.3 Å². The molecule has 4 heteroatoms. The smallest absolute Gasteiger partial charge is 0.164 e. The predicted octanol–water partition coefficient (Wildman–Crippen LogP) is 2.40. The van der Waals surface area contributed by atoms with Crippen molar-refractivity contribution < 1.29 is 5.11 Å². The fraction of sp³-hybridized carbons (Fsp3) is 0.385. The zero-order chi connectivity index (χ0) is 12.6. The standard InChI is InChI=1S/C13H16N2OS/c1-9-10(2)14-15(13(9,3)16)12(17)11-7-5-4-6-8-11/h4-9,16H,1-3H3/t9-,13-/m1/s1. The van der Waals surface area contributed by atoms with Crippen LogP contribution >= 0.6 is 12.2 Å². The number of hydrazone groups is 1. The summed E-state index contributed by atoms with van der Waals surface area (Å²) in [5.74, 6) is -0.0239. The quantitative estimate of drug-likeness (QED) is 0.775. The predicted molar refractivity (Wildman–Crippen MR) is 72.9 cm³/mol. The van der Waals surface area contributed by atoms with Crippen molar-refractivity contribution in [1.29, 1.82) is 0 Å². The summed E-state index contributed by atoms with van der Waals surface area (Å²) in [5, 5.41) is 16.3. The van der Waals surface area contributed by atoms with Crippen molar-refractivity contribution in [2.45, 2.75) is 26.5 Å². The Kier molecular flexibility index (Phi) is 3.02. The third-order valence-corrected chi connectivity index (χ3v) is 3.76. The van der Waals surface area contributed by atoms with Gasteiger partial charge >= 0.3 is 0 Å². The highest BCUT2D eigenvalue weighted by atomic mass is 32.1. The van der Waals surface area contributed by atoms with Crippen molar-refractivity contribution in [3.05, 3.63) is 35.9 Å². The van der Waals surface area contributed by atoms with Crippen molar-refractivity contribution in [2.75, 3.05) is 0 Å². The van der Waals surface area contributed by atoms with Gasteiger partial charge in [-0.25, -0.2) is 5.01 Å². The van der Waals surface area contributed by atoms with E-state index in [-0.39, 0.29) is 5.92 Å². The molecule has 0 saturated heterocycles. The first kappa shape index (κ1) is 12.2. The van der Waals surface area contributed by atoms with Crippen LogP contribution in [-0.4, -0.2) is 26.5 Å². The van der Waals surface area contributed by atoms with Gasteiger partial charge in [-0.3, -0.25) is 0 Å². The lowest BCUT2D eigenvalue weighted by Gasteiger charge is -2.32. The molecular weight excluding hydrogens is 232 g/mol. The number of hydrogen-bond acceptors (Lipinski definition) is 3. The molecule has 1 heterocycles. The van der Waals surface area contributed by atoms with E-state index < -0.39 is 5.72 Å². The van der Waals surface area contributed by atoms with Crippen LogP contribution in [-0.2, 0) is 0 Å². The number of aliphatic hydroxyl groups is 1. The molecule has 1 aromatic rings. The van der Waals surface area contributed by atoms with Crippen molar-refractivity contribution >= 4 is 22.9 Å². The van der Waals surface area contributed by atoms with E-state index >= 15 is 0 Å². The van der Waals surface area contributed by atoms with E-state index in [4.69, 9.17) is 12.2 Å². The molecule has 0 fully saturated rings. The minimum absolute atomic E-state index is 0.0239. The van der Waals surface area contributed by atoms with Crippen LogP contribution in [0.5, 0.6) is 0 Å². The van der Waals surface area contributed by atoms with E-state index in [1.807, 2.05) is 44.2 Å². The van der Waals surface area contributed by atoms with Gasteiger partial charge in [0.05, 0.1) is 0 Å². The molecule has 0 aliphatic carbocycles. The Morgan fingerprint density at radius 1 is 1.41 bits per heavy atom. The first-order valence-corrected chi connectivity index (χ1v) is 6.02. The van der Waals surface area contributed by atoms with E-state index in [2.05, 4.69) is 5.10 Å². The summed E-state index contributed by atoms with van der Waals surface area (Å²) in [4.78, 5) is 0.555. The normalized spacial score (nSPS) is 28.1. The fourth-order valence-corrected chi connectivity index (χ4v) is 2.24. The number of hydrogen-bond donors (Lipinski definition) is 1. The van der Waals surface area contributed by atoms with E-state index in [0.29, 0.717) is 4.99 Å². The summed E-state index contributed by atoms with van der Waals surface area (Å²) in [5.41, 5.74) is 0.749. The highest BCUT2D eigenvalue weighted by Crippen LogP contribution is 2.31. The fourth-order valence-electron chi connectivity index (χ4n) is 1.88. The molecule has 3 nitrogen and oxygen atoms in total. The second-order valence-corrected chi connectivity index (χ2v) is 4.93. The second kappa shape index (κ2) is 4.20. The average Bonchev–Trinajstić information content (AvgIpc) is 2.53. The van der Waals surface area contributed by atoms with E-state index in [9.17, 15) is 5.11 Å². The first-order chi connectivity index (χ1) is 7.94. The molecule has 0 spiro atoms. The van der Waals surface area contributed by atoms with Crippen molar-refractivity contribution in [1.82, 2.24) is 5.01 Å². The summed E-state index contributed by atoms with van der Waals surface area (Å²) in [6, 6.07) is 9.63. The van der Waals surface area contributed by atoms with Crippen LogP contribution in [0, 0.1) is 5.92 Å². The molecule has 0 aromatic heterocycles. The average molecular weight is 248 g/mol. The summed E-state index contributed by atoms with van der Waals surface area (Å²) in [6.07, 6.45) is 0. The van der Waals surface area contributed by atoms with Gasteiger partial charge in [0.15, 0.2) is 5.72 Å². The highest BCUT2D eigenvalue weighted by Gasteiger charge is 2.43. The highest BCUT2D eigenvalue weighted by molar-refractivity contribution is 7.80. The number of nitrogens with zero attached hydrogens (tertiary/aromatic N) is 2. The number of thiocarbonyl (C=S) groups is 1. The van der Waals surface area contributed by atoms with Gasteiger partial charge in [0.2, 0.25) is 0 Å². The monoisotopic (exact) mass is 248 g/mol. The molecule has 0 saturated carbocycles. The lowest BCUT2D eigenvalue weighted by Crippen LogP contribution is -2.47. The molecule has 1 aliphatic heterocycles. The molecule has 1 N–H and O–H groups in total. The van der Waals surface area contributed by atoms with Gasteiger partial charge in [-0.05, 0) is 13.8 Å². The van der Waals surface area contributed by atoms with Gasteiger partial charge in [-0.2, -0.15) is 5.10 Å². The van der Waals surface area contributed by atoms with Gasteiger partial charge in [0.25, 0.3) is 0 Å². The zero-order valence-corrected chi connectivity index (χ0v) is 11.0. The summed E-state index contributed by atoms with van der Waals surface area (Å²) >= 11 is 5.39. The van der Waals surface area contributed by atoms with E-state index in [0.717, 1.165) is 11.3 Å². The van der Waals surface area contributed by atoms with Crippen LogP contribution in [0.25, 0.3) is 0 Å². The molecule has 90 valence electrons. The third kappa shape index (κ3) is 1.98. The van der Waals surface area contributed by atoms with Crippen molar-refractivity contribution in [3.8, 4) is 0 Å². The molecule has 0 radical (unpaired) electrons. The molecule has 0 bridgehead atoms. The maximum absolute atomic E-state index is 10.4. The zero-order valence-electron chi connectivity index (χ0n) is 10.2. The van der Waals surface area contributed by atoms with Crippen LogP contribution in [0.4, 0.5) is 0 Å². The molecule has 2 rings (SSSR count). The molecule has 0 unspecified atom stereocenters. The van der Waals surface area contributed by atoms with Crippen LogP contribution in [0.2, 0.25) is 0 Å². The van der Waals surface area contributed by atoms with Crippen molar-refractivity contribution in [2.24, 2.45) is 11.0 Å². The van der Waals surface area contributed by atoms with E-state index in [1.165, 1.54) is 5.01 Å². The van der Waals surface area contributed by atoms with Gasteiger partial charge < -0.3 is 5.11 Å². The minimum atomic E-state index is -1.04.